The Morgan fingerprint density at radius 1 is 1.12 bits per heavy atom. The van der Waals surface area contributed by atoms with Crippen LogP contribution in [0.3, 0.4) is 0 Å². The zero-order valence-corrected chi connectivity index (χ0v) is 14.0. The normalized spacial score (nSPS) is 23.0. The highest BCUT2D eigenvalue weighted by Crippen LogP contribution is 2.39. The van der Waals surface area contributed by atoms with E-state index in [2.05, 4.69) is 10.2 Å². The second-order valence-electron chi connectivity index (χ2n) is 5.96. The van der Waals surface area contributed by atoms with Crippen LogP contribution in [0.4, 0.5) is 13.2 Å². The van der Waals surface area contributed by atoms with Gasteiger partial charge in [0.1, 0.15) is 5.37 Å². The van der Waals surface area contributed by atoms with Crippen LogP contribution < -0.4 is 5.32 Å². The Morgan fingerprint density at radius 2 is 1.79 bits per heavy atom. The van der Waals surface area contributed by atoms with Crippen LogP contribution in [-0.2, 0) is 11.0 Å². The van der Waals surface area contributed by atoms with Crippen molar-refractivity contribution in [1.82, 2.24) is 15.1 Å². The van der Waals surface area contributed by atoms with Crippen LogP contribution in [0, 0.1) is 0 Å². The average molecular weight is 359 g/mol. The molecule has 0 aromatic heterocycles. The first-order valence-electron chi connectivity index (χ1n) is 7.96. The minimum absolute atomic E-state index is 0.0556. The van der Waals surface area contributed by atoms with Crippen molar-refractivity contribution in [3.8, 4) is 0 Å². The molecule has 1 amide bonds. The molecule has 0 radical (unpaired) electrons. The van der Waals surface area contributed by atoms with Gasteiger partial charge in [0.25, 0.3) is 0 Å². The summed E-state index contributed by atoms with van der Waals surface area (Å²) in [5.41, 5.74) is 0.0899. The molecule has 132 valence electrons. The molecule has 8 heteroatoms. The predicted molar refractivity (Wildman–Crippen MR) is 87.7 cm³/mol. The molecular formula is C16H20F3N3OS. The lowest BCUT2D eigenvalue weighted by Gasteiger charge is -2.31. The maximum absolute atomic E-state index is 12.7. The molecule has 3 rings (SSSR count). The van der Waals surface area contributed by atoms with Crippen molar-refractivity contribution < 1.29 is 18.0 Å². The van der Waals surface area contributed by atoms with Crippen LogP contribution in [-0.4, -0.2) is 60.7 Å². The van der Waals surface area contributed by atoms with E-state index >= 15 is 0 Å². The quantitative estimate of drug-likeness (QED) is 0.894. The molecular weight excluding hydrogens is 339 g/mol. The summed E-state index contributed by atoms with van der Waals surface area (Å²) in [4.78, 5) is 16.2. The molecule has 1 unspecified atom stereocenters. The van der Waals surface area contributed by atoms with Gasteiger partial charge in [-0.25, -0.2) is 0 Å². The Kier molecular flexibility index (Phi) is 5.36. The second-order valence-corrected chi connectivity index (χ2v) is 7.03. The number of rotatable bonds is 4. The molecule has 1 aromatic carbocycles. The van der Waals surface area contributed by atoms with Gasteiger partial charge in [0.15, 0.2) is 0 Å². The van der Waals surface area contributed by atoms with Gasteiger partial charge >= 0.3 is 6.18 Å². The van der Waals surface area contributed by atoms with E-state index in [1.54, 1.807) is 4.90 Å². The molecule has 0 bridgehead atoms. The predicted octanol–water partition coefficient (Wildman–Crippen LogP) is 2.18. The van der Waals surface area contributed by atoms with E-state index in [4.69, 9.17) is 0 Å². The lowest BCUT2D eigenvalue weighted by atomic mass is 10.1. The largest absolute Gasteiger partial charge is 0.416 e. The molecule has 2 aliphatic heterocycles. The van der Waals surface area contributed by atoms with Gasteiger partial charge in [-0.1, -0.05) is 12.1 Å². The number of hydrogen-bond donors (Lipinski definition) is 1. The first kappa shape index (κ1) is 17.6. The number of thioether (sulfide) groups is 1. The van der Waals surface area contributed by atoms with Gasteiger partial charge in [0, 0.05) is 39.3 Å². The molecule has 0 spiro atoms. The van der Waals surface area contributed by atoms with Crippen LogP contribution in [0.15, 0.2) is 24.3 Å². The first-order chi connectivity index (χ1) is 11.4. The number of piperazine rings is 1. The minimum Gasteiger partial charge on any atom is -0.325 e. The Hall–Kier alpha value is -1.25. The molecule has 1 aromatic rings. The van der Waals surface area contributed by atoms with E-state index in [1.807, 2.05) is 0 Å². The van der Waals surface area contributed by atoms with Gasteiger partial charge in [0.05, 0.1) is 11.3 Å². The Labute approximate surface area is 143 Å². The van der Waals surface area contributed by atoms with Gasteiger partial charge in [-0.15, -0.1) is 11.8 Å². The van der Waals surface area contributed by atoms with E-state index < -0.39 is 11.7 Å². The van der Waals surface area contributed by atoms with Crippen molar-refractivity contribution in [3.63, 3.8) is 0 Å². The third-order valence-corrected chi connectivity index (χ3v) is 5.61. The molecule has 1 atom stereocenters. The van der Waals surface area contributed by atoms with Crippen molar-refractivity contribution in [2.45, 2.75) is 11.6 Å². The van der Waals surface area contributed by atoms with E-state index in [9.17, 15) is 18.0 Å². The number of carbonyl (C=O) groups excluding carboxylic acids is 1. The highest BCUT2D eigenvalue weighted by molar-refractivity contribution is 8.00. The molecule has 4 nitrogen and oxygen atoms in total. The number of halogens is 3. The van der Waals surface area contributed by atoms with Gasteiger partial charge in [0.2, 0.25) is 5.91 Å². The Morgan fingerprint density at radius 3 is 2.42 bits per heavy atom. The number of carbonyl (C=O) groups is 1. The van der Waals surface area contributed by atoms with Gasteiger partial charge in [-0.05, 0) is 17.7 Å². The van der Waals surface area contributed by atoms with Crippen LogP contribution in [0.2, 0.25) is 0 Å². The van der Waals surface area contributed by atoms with Crippen molar-refractivity contribution in [2.75, 3.05) is 45.0 Å². The zero-order chi connectivity index (χ0) is 17.2. The third-order valence-electron chi connectivity index (χ3n) is 4.36. The minimum atomic E-state index is -4.33. The second kappa shape index (κ2) is 7.33. The molecule has 2 aliphatic rings. The third kappa shape index (κ3) is 4.04. The van der Waals surface area contributed by atoms with Gasteiger partial charge in [-0.3, -0.25) is 9.69 Å². The molecule has 2 saturated heterocycles. The SMILES string of the molecule is O=C1CSC(c2ccc(C(F)(F)F)cc2)N1CCN1CCNCC1. The number of benzene rings is 1. The van der Waals surface area contributed by atoms with Crippen molar-refractivity contribution >= 4 is 17.7 Å². The maximum atomic E-state index is 12.7. The number of hydrogen-bond acceptors (Lipinski definition) is 4. The van der Waals surface area contributed by atoms with Gasteiger partial charge in [-0.2, -0.15) is 13.2 Å². The summed E-state index contributed by atoms with van der Waals surface area (Å²) in [6.45, 7) is 5.22. The van der Waals surface area contributed by atoms with Crippen LogP contribution in [0.25, 0.3) is 0 Å². The molecule has 24 heavy (non-hydrogen) atoms. The van der Waals surface area contributed by atoms with Crippen molar-refractivity contribution in [1.29, 1.82) is 0 Å². The van der Waals surface area contributed by atoms with Crippen molar-refractivity contribution in [2.24, 2.45) is 0 Å². The molecule has 2 heterocycles. The lowest BCUT2D eigenvalue weighted by Crippen LogP contribution is -2.46. The van der Waals surface area contributed by atoms with E-state index in [-0.39, 0.29) is 11.3 Å². The monoisotopic (exact) mass is 359 g/mol. The highest BCUT2D eigenvalue weighted by atomic mass is 32.2. The van der Waals surface area contributed by atoms with Crippen LogP contribution >= 0.6 is 11.8 Å². The first-order valence-corrected chi connectivity index (χ1v) is 9.01. The molecule has 1 N–H and O–H groups in total. The molecule has 2 fully saturated rings. The van der Waals surface area contributed by atoms with Gasteiger partial charge < -0.3 is 10.2 Å². The zero-order valence-electron chi connectivity index (χ0n) is 13.2. The standard InChI is InChI=1S/C16H20F3N3OS/c17-16(18,19)13-3-1-12(2-4-13)15-22(14(23)11-24-15)10-9-21-7-5-20-6-8-21/h1-4,15,20H,5-11H2. The maximum Gasteiger partial charge on any atom is 0.416 e. The fraction of sp³-hybridized carbons (Fsp3) is 0.562. The summed E-state index contributed by atoms with van der Waals surface area (Å²) >= 11 is 1.48. The summed E-state index contributed by atoms with van der Waals surface area (Å²) in [5, 5.41) is 3.09. The molecule has 0 aliphatic carbocycles. The number of amides is 1. The topological polar surface area (TPSA) is 35.6 Å². The summed E-state index contributed by atoms with van der Waals surface area (Å²) in [6, 6.07) is 5.15. The van der Waals surface area contributed by atoms with E-state index in [0.717, 1.165) is 50.4 Å². The summed E-state index contributed by atoms with van der Waals surface area (Å²) in [5.74, 6) is 0.438. The van der Waals surface area contributed by atoms with Crippen LogP contribution in [0.1, 0.15) is 16.5 Å². The van der Waals surface area contributed by atoms with Crippen LogP contribution in [0.5, 0.6) is 0 Å². The Bertz CT molecular complexity index is 573. The number of nitrogens with zero attached hydrogens (tertiary/aromatic N) is 2. The smallest absolute Gasteiger partial charge is 0.325 e. The van der Waals surface area contributed by atoms with E-state index in [1.165, 1.54) is 23.9 Å². The number of alkyl halides is 3. The number of nitrogens with one attached hydrogen (secondary N) is 1. The van der Waals surface area contributed by atoms with E-state index in [0.29, 0.717) is 12.3 Å². The summed E-state index contributed by atoms with van der Waals surface area (Å²) < 4.78 is 38.0. The average Bonchev–Trinajstić information content (AvgIpc) is 2.94. The summed E-state index contributed by atoms with van der Waals surface area (Å²) in [6.07, 6.45) is -4.33. The fourth-order valence-electron chi connectivity index (χ4n) is 2.99. The molecule has 0 saturated carbocycles. The fourth-order valence-corrected chi connectivity index (χ4v) is 4.21. The van der Waals surface area contributed by atoms with Crippen molar-refractivity contribution in [3.05, 3.63) is 35.4 Å². The summed E-state index contributed by atoms with van der Waals surface area (Å²) in [7, 11) is 0. The Balaban J connectivity index is 1.66. The highest BCUT2D eigenvalue weighted by Gasteiger charge is 2.34. The lowest BCUT2D eigenvalue weighted by molar-refractivity contribution is -0.137.